The van der Waals surface area contributed by atoms with Gasteiger partial charge in [-0.2, -0.15) is 0 Å². The summed E-state index contributed by atoms with van der Waals surface area (Å²) in [4.78, 5) is 0. The summed E-state index contributed by atoms with van der Waals surface area (Å²) in [7, 11) is 0. The maximum atomic E-state index is 13.8. The number of hydrogen-bond donors (Lipinski definition) is 2. The van der Waals surface area contributed by atoms with Gasteiger partial charge < -0.3 is 10.8 Å². The lowest BCUT2D eigenvalue weighted by Gasteiger charge is -2.42. The second-order valence-corrected chi connectivity index (χ2v) is 5.13. The Balaban J connectivity index is 3.38. The van der Waals surface area contributed by atoms with Crippen molar-refractivity contribution in [3.8, 4) is 0 Å². The van der Waals surface area contributed by atoms with Gasteiger partial charge in [0.1, 0.15) is 0 Å². The largest absolute Gasteiger partial charge is 0.396 e. The second kappa shape index (κ2) is 4.70. The molecule has 17 heavy (non-hydrogen) atoms. The summed E-state index contributed by atoms with van der Waals surface area (Å²) >= 11 is 0. The zero-order chi connectivity index (χ0) is 13.3. The molecule has 1 rings (SSSR count). The molecule has 0 radical (unpaired) electrons. The molecule has 1 unspecified atom stereocenters. The molecule has 0 aliphatic heterocycles. The summed E-state index contributed by atoms with van der Waals surface area (Å²) in [5.74, 6) is -1.78. The summed E-state index contributed by atoms with van der Waals surface area (Å²) < 4.78 is 27.1. The smallest absolute Gasteiger partial charge is 0.162 e. The van der Waals surface area contributed by atoms with Gasteiger partial charge in [0, 0.05) is 17.6 Å². The molecular formula is C13H19F2NO. The highest BCUT2D eigenvalue weighted by Gasteiger charge is 2.41. The van der Waals surface area contributed by atoms with Crippen molar-refractivity contribution in [3.05, 3.63) is 35.4 Å². The number of aliphatic hydroxyl groups excluding tert-OH is 1. The second-order valence-electron chi connectivity index (χ2n) is 5.13. The first-order chi connectivity index (χ1) is 7.74. The van der Waals surface area contributed by atoms with Crippen LogP contribution in [0.3, 0.4) is 0 Å². The molecule has 0 aliphatic rings. The van der Waals surface area contributed by atoms with Crippen LogP contribution in [0.1, 0.15) is 32.8 Å². The van der Waals surface area contributed by atoms with Crippen LogP contribution in [0.15, 0.2) is 18.2 Å². The molecule has 0 saturated heterocycles. The van der Waals surface area contributed by atoms with Crippen molar-refractivity contribution in [2.75, 3.05) is 6.61 Å². The lowest BCUT2D eigenvalue weighted by Crippen LogP contribution is -2.53. The predicted octanol–water partition coefficient (Wildman–Crippen LogP) is 2.34. The van der Waals surface area contributed by atoms with Crippen LogP contribution in [0.5, 0.6) is 0 Å². The predicted molar refractivity (Wildman–Crippen MR) is 63.7 cm³/mol. The van der Waals surface area contributed by atoms with Crippen LogP contribution in [0.2, 0.25) is 0 Å². The Morgan fingerprint density at radius 3 is 2.29 bits per heavy atom. The minimum Gasteiger partial charge on any atom is -0.396 e. The monoisotopic (exact) mass is 243 g/mol. The van der Waals surface area contributed by atoms with E-state index in [1.807, 2.05) is 0 Å². The average molecular weight is 243 g/mol. The van der Waals surface area contributed by atoms with Crippen LogP contribution in [0, 0.1) is 11.6 Å². The van der Waals surface area contributed by atoms with Crippen LogP contribution in [-0.4, -0.2) is 17.3 Å². The van der Waals surface area contributed by atoms with E-state index in [0.29, 0.717) is 0 Å². The van der Waals surface area contributed by atoms with Gasteiger partial charge in [0.05, 0.1) is 0 Å². The van der Waals surface area contributed by atoms with Gasteiger partial charge in [-0.3, -0.25) is 0 Å². The Labute approximate surface area is 100 Å². The summed E-state index contributed by atoms with van der Waals surface area (Å²) in [6, 6.07) is 4.04. The van der Waals surface area contributed by atoms with Gasteiger partial charge in [-0.15, -0.1) is 0 Å². The van der Waals surface area contributed by atoms with Crippen LogP contribution in [0.4, 0.5) is 8.78 Å². The highest BCUT2D eigenvalue weighted by Crippen LogP contribution is 2.38. The van der Waals surface area contributed by atoms with E-state index in [0.717, 1.165) is 6.07 Å². The molecule has 0 amide bonds. The minimum absolute atomic E-state index is 0.132. The molecule has 1 aromatic rings. The van der Waals surface area contributed by atoms with Crippen molar-refractivity contribution in [1.82, 2.24) is 0 Å². The van der Waals surface area contributed by atoms with Gasteiger partial charge in [-0.05, 0) is 31.9 Å². The summed E-state index contributed by atoms with van der Waals surface area (Å²) in [6.45, 7) is 5.09. The van der Waals surface area contributed by atoms with Crippen molar-refractivity contribution >= 4 is 0 Å². The lowest BCUT2D eigenvalue weighted by molar-refractivity contribution is 0.185. The molecule has 0 fully saturated rings. The third-order valence-electron chi connectivity index (χ3n) is 3.58. The molecule has 0 saturated carbocycles. The molecule has 0 aromatic heterocycles. The molecule has 0 aliphatic carbocycles. The summed E-state index contributed by atoms with van der Waals surface area (Å²) in [5.41, 5.74) is 4.66. The number of rotatable bonds is 4. The molecule has 1 aromatic carbocycles. The van der Waals surface area contributed by atoms with E-state index in [1.54, 1.807) is 20.8 Å². The van der Waals surface area contributed by atoms with Gasteiger partial charge in [-0.1, -0.05) is 19.1 Å². The molecule has 96 valence electrons. The van der Waals surface area contributed by atoms with Crippen LogP contribution in [-0.2, 0) is 5.41 Å². The zero-order valence-electron chi connectivity index (χ0n) is 10.4. The van der Waals surface area contributed by atoms with Crippen molar-refractivity contribution < 1.29 is 13.9 Å². The van der Waals surface area contributed by atoms with Crippen LogP contribution >= 0.6 is 0 Å². The highest BCUT2D eigenvalue weighted by atomic mass is 19.2. The number of aliphatic hydroxyl groups is 1. The Morgan fingerprint density at radius 1 is 1.24 bits per heavy atom. The van der Waals surface area contributed by atoms with Crippen molar-refractivity contribution in [3.63, 3.8) is 0 Å². The highest BCUT2D eigenvalue weighted by molar-refractivity contribution is 5.31. The Kier molecular flexibility index (Phi) is 3.89. The molecule has 1 atom stereocenters. The van der Waals surface area contributed by atoms with Gasteiger partial charge >= 0.3 is 0 Å². The topological polar surface area (TPSA) is 46.2 Å². The maximum Gasteiger partial charge on any atom is 0.162 e. The number of halogens is 2. The minimum atomic E-state index is -0.893. The van der Waals surface area contributed by atoms with Crippen LogP contribution in [0.25, 0.3) is 0 Å². The summed E-state index contributed by atoms with van der Waals surface area (Å²) in [5, 5.41) is 9.11. The van der Waals surface area contributed by atoms with Gasteiger partial charge in [0.25, 0.3) is 0 Å². The number of hydrogen-bond acceptors (Lipinski definition) is 2. The van der Waals surface area contributed by atoms with Crippen LogP contribution < -0.4 is 5.73 Å². The first-order valence-corrected chi connectivity index (χ1v) is 5.58. The van der Waals surface area contributed by atoms with Gasteiger partial charge in [0.2, 0.25) is 0 Å². The maximum absolute atomic E-state index is 13.8. The van der Waals surface area contributed by atoms with Gasteiger partial charge in [0.15, 0.2) is 11.6 Å². The normalized spacial score (nSPS) is 15.7. The Morgan fingerprint density at radius 2 is 1.82 bits per heavy atom. The van der Waals surface area contributed by atoms with E-state index in [9.17, 15) is 8.78 Å². The lowest BCUT2D eigenvalue weighted by atomic mass is 9.66. The Hall–Kier alpha value is -1.00. The van der Waals surface area contributed by atoms with E-state index in [2.05, 4.69) is 0 Å². The molecule has 2 nitrogen and oxygen atoms in total. The fourth-order valence-corrected chi connectivity index (χ4v) is 1.96. The fourth-order valence-electron chi connectivity index (χ4n) is 1.96. The first kappa shape index (κ1) is 14.1. The zero-order valence-corrected chi connectivity index (χ0v) is 10.4. The third kappa shape index (κ3) is 2.48. The SMILES string of the molecule is CC(C)(N)C(C)(CCO)c1cccc(F)c1F. The van der Waals surface area contributed by atoms with Crippen molar-refractivity contribution in [1.29, 1.82) is 0 Å². The van der Waals surface area contributed by atoms with Crippen molar-refractivity contribution in [2.24, 2.45) is 5.73 Å². The molecular weight excluding hydrogens is 224 g/mol. The Bertz CT molecular complexity index is 401. The van der Waals surface area contributed by atoms with E-state index >= 15 is 0 Å². The molecule has 4 heteroatoms. The number of nitrogens with two attached hydrogens (primary N) is 1. The fraction of sp³-hybridized carbons (Fsp3) is 0.538. The third-order valence-corrected chi connectivity index (χ3v) is 3.58. The van der Waals surface area contributed by atoms with E-state index < -0.39 is 22.6 Å². The number of benzene rings is 1. The van der Waals surface area contributed by atoms with Gasteiger partial charge in [-0.25, -0.2) is 8.78 Å². The van der Waals surface area contributed by atoms with E-state index in [4.69, 9.17) is 10.8 Å². The molecule has 3 N–H and O–H groups in total. The molecule has 0 spiro atoms. The average Bonchev–Trinajstić information content (AvgIpc) is 2.20. The molecule has 0 heterocycles. The van der Waals surface area contributed by atoms with Crippen molar-refractivity contribution in [2.45, 2.75) is 38.1 Å². The first-order valence-electron chi connectivity index (χ1n) is 5.58. The quantitative estimate of drug-likeness (QED) is 0.852. The van der Waals surface area contributed by atoms with E-state index in [-0.39, 0.29) is 18.6 Å². The molecule has 0 bridgehead atoms. The standard InChI is InChI=1S/C13H19F2NO/c1-12(2,16)13(3,7-8-17)9-5-4-6-10(14)11(9)15/h4-6,17H,7-8,16H2,1-3H3. The summed E-state index contributed by atoms with van der Waals surface area (Å²) in [6.07, 6.45) is 0.275. The van der Waals surface area contributed by atoms with E-state index in [1.165, 1.54) is 12.1 Å².